The van der Waals surface area contributed by atoms with Crippen molar-refractivity contribution in [3.05, 3.63) is 71.8 Å². The number of rotatable bonds is 7. The minimum Gasteiger partial charge on any atom is -0.327 e. The molecule has 0 heterocycles. The van der Waals surface area contributed by atoms with Crippen molar-refractivity contribution in [1.29, 1.82) is 0 Å². The van der Waals surface area contributed by atoms with Crippen LogP contribution in [0.5, 0.6) is 0 Å². The number of hydrogen-bond donors (Lipinski definition) is 1. The van der Waals surface area contributed by atoms with Crippen LogP contribution in [0.25, 0.3) is 0 Å². The zero-order chi connectivity index (χ0) is 15.1. The highest BCUT2D eigenvalue weighted by Gasteiger charge is 2.20. The van der Waals surface area contributed by atoms with Crippen LogP contribution in [0.15, 0.2) is 60.7 Å². The summed E-state index contributed by atoms with van der Waals surface area (Å²) in [4.78, 5) is 0. The van der Waals surface area contributed by atoms with Crippen LogP contribution in [0.3, 0.4) is 0 Å². The molecular weight excluding hydrogens is 256 g/mol. The number of quaternary nitrogens is 1. The highest BCUT2D eigenvalue weighted by atomic mass is 15.3. The SMILES string of the molecule is C[N+](C)(CCN)CCC(c1ccccc1)c1ccccc1. The fourth-order valence-electron chi connectivity index (χ4n) is 2.84. The number of likely N-dealkylation sites (N-methyl/N-ethyl adjacent to an activating group) is 1. The normalized spacial score (nSPS) is 11.8. The molecule has 0 bridgehead atoms. The van der Waals surface area contributed by atoms with Crippen LogP contribution in [-0.4, -0.2) is 38.2 Å². The van der Waals surface area contributed by atoms with Gasteiger partial charge in [0.25, 0.3) is 0 Å². The molecule has 0 fully saturated rings. The third kappa shape index (κ3) is 4.69. The Morgan fingerprint density at radius 1 is 0.810 bits per heavy atom. The Bertz CT molecular complexity index is 480. The summed E-state index contributed by atoms with van der Waals surface area (Å²) in [5.74, 6) is 0.461. The van der Waals surface area contributed by atoms with Gasteiger partial charge in [0, 0.05) is 18.9 Å². The van der Waals surface area contributed by atoms with Crippen molar-refractivity contribution < 1.29 is 4.48 Å². The Labute approximate surface area is 128 Å². The Morgan fingerprint density at radius 2 is 1.29 bits per heavy atom. The molecule has 0 atom stereocenters. The van der Waals surface area contributed by atoms with Crippen LogP contribution in [0.2, 0.25) is 0 Å². The summed E-state index contributed by atoms with van der Waals surface area (Å²) in [5.41, 5.74) is 8.53. The van der Waals surface area contributed by atoms with Gasteiger partial charge in [-0.2, -0.15) is 0 Å². The number of nitrogens with zero attached hydrogens (tertiary/aromatic N) is 1. The minimum atomic E-state index is 0.461. The number of nitrogens with two attached hydrogens (primary N) is 1. The van der Waals surface area contributed by atoms with Crippen molar-refractivity contribution in [3.63, 3.8) is 0 Å². The van der Waals surface area contributed by atoms with Gasteiger partial charge in [-0.25, -0.2) is 0 Å². The highest BCUT2D eigenvalue weighted by molar-refractivity contribution is 5.32. The molecule has 0 spiro atoms. The monoisotopic (exact) mass is 283 g/mol. The fourth-order valence-corrected chi connectivity index (χ4v) is 2.84. The first-order valence-electron chi connectivity index (χ1n) is 7.74. The van der Waals surface area contributed by atoms with Gasteiger partial charge in [-0.05, 0) is 11.1 Å². The van der Waals surface area contributed by atoms with E-state index in [1.807, 2.05) is 0 Å². The van der Waals surface area contributed by atoms with Crippen LogP contribution in [-0.2, 0) is 0 Å². The molecule has 0 saturated heterocycles. The Kier molecular flexibility index (Phi) is 5.54. The Morgan fingerprint density at radius 3 is 1.71 bits per heavy atom. The van der Waals surface area contributed by atoms with Crippen LogP contribution in [0.4, 0.5) is 0 Å². The van der Waals surface area contributed by atoms with E-state index in [-0.39, 0.29) is 0 Å². The van der Waals surface area contributed by atoms with Gasteiger partial charge in [0.2, 0.25) is 0 Å². The molecule has 2 aromatic carbocycles. The van der Waals surface area contributed by atoms with E-state index in [2.05, 4.69) is 74.8 Å². The van der Waals surface area contributed by atoms with E-state index in [1.165, 1.54) is 11.1 Å². The highest BCUT2D eigenvalue weighted by Crippen LogP contribution is 2.28. The van der Waals surface area contributed by atoms with E-state index in [0.29, 0.717) is 5.92 Å². The first-order chi connectivity index (χ1) is 10.1. The van der Waals surface area contributed by atoms with Crippen molar-refractivity contribution in [2.45, 2.75) is 12.3 Å². The van der Waals surface area contributed by atoms with Crippen LogP contribution >= 0.6 is 0 Å². The van der Waals surface area contributed by atoms with E-state index in [1.54, 1.807) is 0 Å². The maximum atomic E-state index is 5.73. The molecule has 0 aliphatic heterocycles. The molecule has 0 unspecified atom stereocenters. The predicted molar refractivity (Wildman–Crippen MR) is 90.2 cm³/mol. The Hall–Kier alpha value is -1.64. The lowest BCUT2D eigenvalue weighted by molar-refractivity contribution is -0.889. The molecule has 0 aliphatic carbocycles. The smallest absolute Gasteiger partial charge is 0.0907 e. The summed E-state index contributed by atoms with van der Waals surface area (Å²) in [7, 11) is 4.53. The van der Waals surface area contributed by atoms with E-state index in [4.69, 9.17) is 5.73 Å². The van der Waals surface area contributed by atoms with E-state index in [0.717, 1.165) is 30.5 Å². The lowest BCUT2D eigenvalue weighted by atomic mass is 9.88. The summed E-state index contributed by atoms with van der Waals surface area (Å²) >= 11 is 0. The average molecular weight is 283 g/mol. The second-order valence-corrected chi connectivity index (χ2v) is 6.33. The molecular formula is C19H27N2+. The molecule has 2 aromatic rings. The van der Waals surface area contributed by atoms with E-state index >= 15 is 0 Å². The lowest BCUT2D eigenvalue weighted by Crippen LogP contribution is -2.44. The summed E-state index contributed by atoms with van der Waals surface area (Å²) < 4.78 is 0.979. The molecule has 0 amide bonds. The topological polar surface area (TPSA) is 26.0 Å². The zero-order valence-electron chi connectivity index (χ0n) is 13.2. The quantitative estimate of drug-likeness (QED) is 0.776. The van der Waals surface area contributed by atoms with Crippen LogP contribution < -0.4 is 5.73 Å². The van der Waals surface area contributed by atoms with E-state index < -0.39 is 0 Å². The van der Waals surface area contributed by atoms with Gasteiger partial charge in [0.1, 0.15) is 0 Å². The van der Waals surface area contributed by atoms with Crippen molar-refractivity contribution >= 4 is 0 Å². The zero-order valence-corrected chi connectivity index (χ0v) is 13.2. The van der Waals surface area contributed by atoms with Crippen LogP contribution in [0, 0.1) is 0 Å². The molecule has 2 N–H and O–H groups in total. The fraction of sp³-hybridized carbons (Fsp3) is 0.368. The van der Waals surface area contributed by atoms with Gasteiger partial charge in [-0.1, -0.05) is 60.7 Å². The van der Waals surface area contributed by atoms with Crippen molar-refractivity contribution in [3.8, 4) is 0 Å². The second-order valence-electron chi connectivity index (χ2n) is 6.33. The van der Waals surface area contributed by atoms with Crippen LogP contribution in [0.1, 0.15) is 23.5 Å². The summed E-state index contributed by atoms with van der Waals surface area (Å²) in [6, 6.07) is 21.6. The second kappa shape index (κ2) is 7.39. The number of benzene rings is 2. The molecule has 0 aliphatic rings. The third-order valence-electron chi connectivity index (χ3n) is 4.16. The lowest BCUT2D eigenvalue weighted by Gasteiger charge is -2.31. The molecule has 112 valence electrons. The average Bonchev–Trinajstić information content (AvgIpc) is 2.49. The Balaban J connectivity index is 2.18. The van der Waals surface area contributed by atoms with Gasteiger partial charge in [0.05, 0.1) is 27.2 Å². The first kappa shape index (κ1) is 15.7. The predicted octanol–water partition coefficient (Wildman–Crippen LogP) is 3.24. The molecule has 2 nitrogen and oxygen atoms in total. The van der Waals surface area contributed by atoms with Gasteiger partial charge in [-0.15, -0.1) is 0 Å². The number of hydrogen-bond acceptors (Lipinski definition) is 1. The molecule has 2 rings (SSSR count). The summed E-state index contributed by atoms with van der Waals surface area (Å²) in [6.45, 7) is 2.90. The van der Waals surface area contributed by atoms with Gasteiger partial charge >= 0.3 is 0 Å². The summed E-state index contributed by atoms with van der Waals surface area (Å²) in [5, 5.41) is 0. The van der Waals surface area contributed by atoms with Crippen molar-refractivity contribution in [2.24, 2.45) is 5.73 Å². The standard InChI is InChI=1S/C19H27N2/c1-21(2,16-14-20)15-13-19(17-9-5-3-6-10-17)18-11-7-4-8-12-18/h3-12,19H,13-16,20H2,1-2H3/q+1. The maximum absolute atomic E-state index is 5.73. The largest absolute Gasteiger partial charge is 0.327 e. The minimum absolute atomic E-state index is 0.461. The maximum Gasteiger partial charge on any atom is 0.0907 e. The first-order valence-corrected chi connectivity index (χ1v) is 7.74. The molecule has 0 saturated carbocycles. The third-order valence-corrected chi connectivity index (χ3v) is 4.16. The summed E-state index contributed by atoms with van der Waals surface area (Å²) in [6.07, 6.45) is 1.14. The molecule has 2 heteroatoms. The van der Waals surface area contributed by atoms with E-state index in [9.17, 15) is 0 Å². The van der Waals surface area contributed by atoms with Crippen molar-refractivity contribution in [2.75, 3.05) is 33.7 Å². The molecule has 21 heavy (non-hydrogen) atoms. The molecule has 0 aromatic heterocycles. The van der Waals surface area contributed by atoms with Gasteiger partial charge in [0.15, 0.2) is 0 Å². The van der Waals surface area contributed by atoms with Gasteiger partial charge in [-0.3, -0.25) is 0 Å². The van der Waals surface area contributed by atoms with Gasteiger partial charge < -0.3 is 10.2 Å². The molecule has 0 radical (unpaired) electrons. The van der Waals surface area contributed by atoms with Crippen molar-refractivity contribution in [1.82, 2.24) is 0 Å².